The first kappa shape index (κ1) is 11.2. The molecular weight excluding hydrogens is 294 g/mol. The van der Waals surface area contributed by atoms with E-state index in [1.807, 2.05) is 31.2 Å². The number of halogens is 1. The number of benzene rings is 1. The van der Waals surface area contributed by atoms with Crippen molar-refractivity contribution in [1.82, 2.24) is 20.2 Å². The number of rotatable bonds is 2. The number of fused-ring (bicyclic) bond motifs is 1. The van der Waals surface area contributed by atoms with Crippen LogP contribution in [0, 0.1) is 6.92 Å². The fourth-order valence-electron chi connectivity index (χ4n) is 1.80. The largest absolute Gasteiger partial charge is 0.339 e. The van der Waals surface area contributed by atoms with E-state index in [2.05, 4.69) is 41.4 Å². The SMILES string of the molecule is Cc1[nH]nc2ncnc(Nc3cccc(Br)c3)c12. The molecule has 3 rings (SSSR count). The van der Waals surface area contributed by atoms with E-state index in [0.717, 1.165) is 27.1 Å². The van der Waals surface area contributed by atoms with Gasteiger partial charge in [-0.05, 0) is 25.1 Å². The lowest BCUT2D eigenvalue weighted by Gasteiger charge is -2.06. The molecule has 0 aliphatic heterocycles. The highest BCUT2D eigenvalue weighted by molar-refractivity contribution is 9.10. The van der Waals surface area contributed by atoms with Crippen molar-refractivity contribution in [3.05, 3.63) is 40.8 Å². The number of aromatic nitrogens is 4. The molecule has 3 aromatic rings. The molecule has 2 aromatic heterocycles. The van der Waals surface area contributed by atoms with Gasteiger partial charge in [-0.15, -0.1) is 0 Å². The number of aromatic amines is 1. The van der Waals surface area contributed by atoms with E-state index in [4.69, 9.17) is 0 Å². The van der Waals surface area contributed by atoms with Gasteiger partial charge in [0.15, 0.2) is 5.65 Å². The molecule has 2 N–H and O–H groups in total. The Labute approximate surface area is 112 Å². The molecule has 0 aliphatic carbocycles. The summed E-state index contributed by atoms with van der Waals surface area (Å²) in [5.41, 5.74) is 2.58. The maximum Gasteiger partial charge on any atom is 0.186 e. The smallest absolute Gasteiger partial charge is 0.186 e. The van der Waals surface area contributed by atoms with E-state index < -0.39 is 0 Å². The minimum atomic E-state index is 0.667. The molecule has 1 aromatic carbocycles. The molecule has 0 atom stereocenters. The molecule has 0 saturated heterocycles. The molecule has 6 heteroatoms. The zero-order chi connectivity index (χ0) is 12.5. The standard InChI is InChI=1S/C12H10BrN5/c1-7-10-11(14-6-15-12(10)18-17-7)16-9-4-2-3-8(13)5-9/h2-6H,1H3,(H2,14,15,16,17,18). The summed E-state index contributed by atoms with van der Waals surface area (Å²) in [7, 11) is 0. The van der Waals surface area contributed by atoms with Gasteiger partial charge < -0.3 is 5.32 Å². The van der Waals surface area contributed by atoms with Gasteiger partial charge >= 0.3 is 0 Å². The van der Waals surface area contributed by atoms with Crippen molar-refractivity contribution in [2.45, 2.75) is 6.92 Å². The van der Waals surface area contributed by atoms with Crippen LogP contribution in [0.15, 0.2) is 35.1 Å². The fraction of sp³-hybridized carbons (Fsp3) is 0.0833. The first-order valence-electron chi connectivity index (χ1n) is 5.42. The number of nitrogens with one attached hydrogen (secondary N) is 2. The van der Waals surface area contributed by atoms with Gasteiger partial charge in [-0.25, -0.2) is 9.97 Å². The van der Waals surface area contributed by atoms with Gasteiger partial charge in [0.2, 0.25) is 0 Å². The Morgan fingerprint density at radius 1 is 1.28 bits per heavy atom. The second kappa shape index (κ2) is 4.38. The number of anilines is 2. The summed E-state index contributed by atoms with van der Waals surface area (Å²) in [6.07, 6.45) is 1.50. The first-order valence-corrected chi connectivity index (χ1v) is 6.21. The van der Waals surface area contributed by atoms with Gasteiger partial charge in [-0.3, -0.25) is 5.10 Å². The number of H-pyrrole nitrogens is 1. The van der Waals surface area contributed by atoms with Gasteiger partial charge in [0.1, 0.15) is 12.1 Å². The highest BCUT2D eigenvalue weighted by Gasteiger charge is 2.09. The van der Waals surface area contributed by atoms with Gasteiger partial charge in [-0.1, -0.05) is 22.0 Å². The Hall–Kier alpha value is -1.95. The lowest BCUT2D eigenvalue weighted by atomic mass is 10.2. The minimum absolute atomic E-state index is 0.667. The average Bonchev–Trinajstić information content (AvgIpc) is 2.72. The second-order valence-electron chi connectivity index (χ2n) is 3.90. The summed E-state index contributed by atoms with van der Waals surface area (Å²) in [4.78, 5) is 8.39. The highest BCUT2D eigenvalue weighted by Crippen LogP contribution is 2.25. The van der Waals surface area contributed by atoms with Gasteiger partial charge in [0.25, 0.3) is 0 Å². The van der Waals surface area contributed by atoms with E-state index in [9.17, 15) is 0 Å². The third kappa shape index (κ3) is 1.95. The molecule has 0 radical (unpaired) electrons. The van der Waals surface area contributed by atoms with Crippen LogP contribution < -0.4 is 5.32 Å². The Kier molecular flexibility index (Phi) is 2.71. The van der Waals surface area contributed by atoms with Crippen LogP contribution >= 0.6 is 15.9 Å². The fourth-order valence-corrected chi connectivity index (χ4v) is 2.20. The maximum atomic E-state index is 4.27. The maximum absolute atomic E-state index is 4.27. The average molecular weight is 304 g/mol. The van der Waals surface area contributed by atoms with Crippen molar-refractivity contribution in [3.8, 4) is 0 Å². The topological polar surface area (TPSA) is 66.5 Å². The summed E-state index contributed by atoms with van der Waals surface area (Å²) < 4.78 is 1.02. The zero-order valence-electron chi connectivity index (χ0n) is 9.61. The molecule has 2 heterocycles. The monoisotopic (exact) mass is 303 g/mol. The molecule has 5 nitrogen and oxygen atoms in total. The normalized spacial score (nSPS) is 10.8. The minimum Gasteiger partial charge on any atom is -0.339 e. The predicted molar refractivity (Wildman–Crippen MR) is 73.8 cm³/mol. The lowest BCUT2D eigenvalue weighted by molar-refractivity contribution is 1.05. The zero-order valence-corrected chi connectivity index (χ0v) is 11.2. The van der Waals surface area contributed by atoms with Crippen molar-refractivity contribution in [2.75, 3.05) is 5.32 Å². The molecule has 0 aliphatic rings. The molecule has 18 heavy (non-hydrogen) atoms. The van der Waals surface area contributed by atoms with Crippen molar-refractivity contribution in [1.29, 1.82) is 0 Å². The summed E-state index contributed by atoms with van der Waals surface area (Å²) in [6, 6.07) is 7.91. The van der Waals surface area contributed by atoms with Crippen molar-refractivity contribution >= 4 is 38.5 Å². The Balaban J connectivity index is 2.07. The first-order chi connectivity index (χ1) is 8.74. The lowest BCUT2D eigenvalue weighted by Crippen LogP contribution is -1.95. The molecule has 0 unspecified atom stereocenters. The van der Waals surface area contributed by atoms with E-state index in [0.29, 0.717) is 5.65 Å². The number of nitrogens with zero attached hydrogens (tertiary/aromatic N) is 3. The molecule has 0 bridgehead atoms. The van der Waals surface area contributed by atoms with E-state index >= 15 is 0 Å². The third-order valence-electron chi connectivity index (χ3n) is 2.62. The van der Waals surface area contributed by atoms with Crippen LogP contribution in [-0.2, 0) is 0 Å². The summed E-state index contributed by atoms with van der Waals surface area (Å²) in [6.45, 7) is 1.95. The summed E-state index contributed by atoms with van der Waals surface area (Å²) in [5.74, 6) is 0.754. The highest BCUT2D eigenvalue weighted by atomic mass is 79.9. The van der Waals surface area contributed by atoms with Crippen LogP contribution in [-0.4, -0.2) is 20.2 Å². The molecule has 0 fully saturated rings. The van der Waals surface area contributed by atoms with E-state index in [1.165, 1.54) is 6.33 Å². The van der Waals surface area contributed by atoms with Gasteiger partial charge in [-0.2, -0.15) is 5.10 Å². The molecule has 0 spiro atoms. The van der Waals surface area contributed by atoms with Crippen molar-refractivity contribution in [2.24, 2.45) is 0 Å². The van der Waals surface area contributed by atoms with Gasteiger partial charge in [0.05, 0.1) is 5.39 Å². The third-order valence-corrected chi connectivity index (χ3v) is 3.11. The summed E-state index contributed by atoms with van der Waals surface area (Å²) in [5, 5.41) is 11.2. The molecular formula is C12H10BrN5. The second-order valence-corrected chi connectivity index (χ2v) is 4.82. The predicted octanol–water partition coefficient (Wildman–Crippen LogP) is 3.17. The van der Waals surface area contributed by atoms with E-state index in [1.54, 1.807) is 0 Å². The van der Waals surface area contributed by atoms with Crippen LogP contribution in [0.1, 0.15) is 5.69 Å². The number of hydrogen-bond donors (Lipinski definition) is 2. The Morgan fingerprint density at radius 3 is 3.00 bits per heavy atom. The summed E-state index contributed by atoms with van der Waals surface area (Å²) >= 11 is 3.44. The molecule has 90 valence electrons. The van der Waals surface area contributed by atoms with Gasteiger partial charge in [0, 0.05) is 15.9 Å². The van der Waals surface area contributed by atoms with Crippen LogP contribution in [0.2, 0.25) is 0 Å². The van der Waals surface area contributed by atoms with Crippen LogP contribution in [0.25, 0.3) is 11.0 Å². The van der Waals surface area contributed by atoms with Crippen LogP contribution in [0.3, 0.4) is 0 Å². The quantitative estimate of drug-likeness (QED) is 0.763. The van der Waals surface area contributed by atoms with Crippen LogP contribution in [0.4, 0.5) is 11.5 Å². The van der Waals surface area contributed by atoms with Crippen LogP contribution in [0.5, 0.6) is 0 Å². The number of hydrogen-bond acceptors (Lipinski definition) is 4. The molecule has 0 amide bonds. The van der Waals surface area contributed by atoms with Crippen molar-refractivity contribution in [3.63, 3.8) is 0 Å². The number of aryl methyl sites for hydroxylation is 1. The van der Waals surface area contributed by atoms with E-state index in [-0.39, 0.29) is 0 Å². The molecule has 0 saturated carbocycles. The Morgan fingerprint density at radius 2 is 2.17 bits per heavy atom. The van der Waals surface area contributed by atoms with Crippen molar-refractivity contribution < 1.29 is 0 Å². The Bertz CT molecular complexity index is 707.